The maximum Gasteiger partial charge on any atom is 0.186 e. The summed E-state index contributed by atoms with van der Waals surface area (Å²) in [4.78, 5) is 0.424. The summed E-state index contributed by atoms with van der Waals surface area (Å²) in [6.45, 7) is 4.50. The molecule has 4 heteroatoms. The molecule has 1 aromatic heterocycles. The molecule has 3 nitrogen and oxygen atoms in total. The molecule has 0 saturated heterocycles. The van der Waals surface area contributed by atoms with Gasteiger partial charge in [0, 0.05) is 16.5 Å². The van der Waals surface area contributed by atoms with Crippen LogP contribution in [0.5, 0.6) is 0 Å². The third-order valence-electron chi connectivity index (χ3n) is 6.81. The molecule has 0 aliphatic rings. The van der Waals surface area contributed by atoms with Crippen LogP contribution in [0.2, 0.25) is 0 Å². The second-order valence-electron chi connectivity index (χ2n) is 9.41. The van der Waals surface area contributed by atoms with Gasteiger partial charge in [0.25, 0.3) is 0 Å². The van der Waals surface area contributed by atoms with Gasteiger partial charge in [0.05, 0.1) is 15.9 Å². The largest absolute Gasteiger partial charge is 0.309 e. The van der Waals surface area contributed by atoms with Gasteiger partial charge in [-0.05, 0) is 79.3 Å². The quantitative estimate of drug-likeness (QED) is 0.165. The zero-order valence-corrected chi connectivity index (χ0v) is 21.4. The first-order valence-electron chi connectivity index (χ1n) is 12.9. The van der Waals surface area contributed by atoms with E-state index in [1.54, 1.807) is 6.07 Å². The number of hydrogen-bond donors (Lipinski definition) is 1. The molecule has 0 aliphatic carbocycles. The molecule has 0 fully saturated rings. The van der Waals surface area contributed by atoms with E-state index >= 15 is 0 Å². The first-order chi connectivity index (χ1) is 16.6. The number of aryl methyl sites for hydroxylation is 2. The zero-order chi connectivity index (χ0) is 23.9. The van der Waals surface area contributed by atoms with Crippen molar-refractivity contribution < 1.29 is 8.76 Å². The number of rotatable bonds is 12. The summed E-state index contributed by atoms with van der Waals surface area (Å²) in [6.07, 6.45) is 12.3. The van der Waals surface area contributed by atoms with Gasteiger partial charge in [0.15, 0.2) is 11.1 Å². The number of nitrogens with zero attached hydrogens (tertiary/aromatic N) is 1. The Bertz CT molecular complexity index is 1200. The SMILES string of the molecule is CCCCCCc1ccc2c(c1)c1cc(CCCCCC)ccc1n2-c1cccc(S(=O)O)c1. The van der Waals surface area contributed by atoms with Crippen LogP contribution >= 0.6 is 0 Å². The fourth-order valence-corrected chi connectivity index (χ4v) is 5.37. The molecule has 1 N–H and O–H groups in total. The summed E-state index contributed by atoms with van der Waals surface area (Å²) in [7, 11) is 0. The third-order valence-corrected chi connectivity index (χ3v) is 7.47. The molecule has 1 atom stereocenters. The summed E-state index contributed by atoms with van der Waals surface area (Å²) in [6, 6.07) is 21.1. The molecular formula is C30H37NO2S. The van der Waals surface area contributed by atoms with Gasteiger partial charge in [-0.1, -0.05) is 70.6 Å². The molecule has 0 spiro atoms. The van der Waals surface area contributed by atoms with Gasteiger partial charge in [-0.15, -0.1) is 0 Å². The van der Waals surface area contributed by atoms with Crippen LogP contribution in [0.25, 0.3) is 27.5 Å². The van der Waals surface area contributed by atoms with Crippen LogP contribution in [0.15, 0.2) is 65.6 Å². The Kier molecular flexibility index (Phi) is 8.58. The van der Waals surface area contributed by atoms with Crippen molar-refractivity contribution >= 4 is 32.9 Å². The van der Waals surface area contributed by atoms with Crippen molar-refractivity contribution in [1.82, 2.24) is 4.57 Å². The van der Waals surface area contributed by atoms with Gasteiger partial charge in [-0.25, -0.2) is 4.21 Å². The number of unbranched alkanes of at least 4 members (excludes halogenated alkanes) is 6. The Balaban J connectivity index is 1.79. The van der Waals surface area contributed by atoms with E-state index in [-0.39, 0.29) is 0 Å². The first-order valence-corrected chi connectivity index (χ1v) is 14.0. The average molecular weight is 476 g/mol. The van der Waals surface area contributed by atoms with Crippen molar-refractivity contribution in [2.75, 3.05) is 0 Å². The highest BCUT2D eigenvalue weighted by molar-refractivity contribution is 7.79. The molecule has 0 aliphatic heterocycles. The van der Waals surface area contributed by atoms with Crippen LogP contribution in [0.4, 0.5) is 0 Å². The maximum absolute atomic E-state index is 11.7. The van der Waals surface area contributed by atoms with Crippen molar-refractivity contribution in [3.63, 3.8) is 0 Å². The van der Waals surface area contributed by atoms with Crippen molar-refractivity contribution in [1.29, 1.82) is 0 Å². The highest BCUT2D eigenvalue weighted by atomic mass is 32.2. The molecule has 0 amide bonds. The van der Waals surface area contributed by atoms with E-state index in [4.69, 9.17) is 0 Å². The third kappa shape index (κ3) is 5.61. The molecule has 180 valence electrons. The second kappa shape index (κ2) is 11.8. The molecule has 0 saturated carbocycles. The molecule has 0 bridgehead atoms. The van der Waals surface area contributed by atoms with E-state index in [1.807, 2.05) is 18.2 Å². The lowest BCUT2D eigenvalue weighted by atomic mass is 10.0. The van der Waals surface area contributed by atoms with Crippen LogP contribution in [0.1, 0.15) is 76.3 Å². The van der Waals surface area contributed by atoms with Gasteiger partial charge >= 0.3 is 0 Å². The number of hydrogen-bond acceptors (Lipinski definition) is 1. The highest BCUT2D eigenvalue weighted by Gasteiger charge is 2.14. The van der Waals surface area contributed by atoms with Crippen LogP contribution in [0, 0.1) is 0 Å². The van der Waals surface area contributed by atoms with Crippen molar-refractivity contribution in [3.05, 3.63) is 71.8 Å². The van der Waals surface area contributed by atoms with Gasteiger partial charge in [-0.3, -0.25) is 0 Å². The van der Waals surface area contributed by atoms with Gasteiger partial charge in [0.1, 0.15) is 0 Å². The van der Waals surface area contributed by atoms with Crippen LogP contribution < -0.4 is 0 Å². The highest BCUT2D eigenvalue weighted by Crippen LogP contribution is 2.34. The van der Waals surface area contributed by atoms with E-state index in [9.17, 15) is 8.76 Å². The van der Waals surface area contributed by atoms with E-state index in [2.05, 4.69) is 54.8 Å². The Morgan fingerprint density at radius 1 is 0.706 bits per heavy atom. The first kappa shape index (κ1) is 24.7. The summed E-state index contributed by atoms with van der Waals surface area (Å²) < 4.78 is 23.6. The predicted octanol–water partition coefficient (Wildman–Crippen LogP) is 8.61. The molecule has 1 unspecified atom stereocenters. The minimum absolute atomic E-state index is 0.424. The van der Waals surface area contributed by atoms with E-state index in [1.165, 1.54) is 73.3 Å². The molecule has 3 aromatic carbocycles. The molecule has 4 aromatic rings. The molecule has 1 heterocycles. The Labute approximate surface area is 206 Å². The van der Waals surface area contributed by atoms with Gasteiger partial charge in [0.2, 0.25) is 0 Å². The summed E-state index contributed by atoms with van der Waals surface area (Å²) in [5.41, 5.74) is 6.00. The lowest BCUT2D eigenvalue weighted by molar-refractivity contribution is 0.564. The predicted molar refractivity (Wildman–Crippen MR) is 146 cm³/mol. The molecule has 4 rings (SSSR count). The number of benzene rings is 3. The fourth-order valence-electron chi connectivity index (χ4n) is 4.95. The minimum Gasteiger partial charge on any atom is -0.309 e. The van der Waals surface area contributed by atoms with Gasteiger partial charge in [-0.2, -0.15) is 0 Å². The smallest absolute Gasteiger partial charge is 0.186 e. The van der Waals surface area contributed by atoms with Crippen molar-refractivity contribution in [2.45, 2.75) is 83.0 Å². The van der Waals surface area contributed by atoms with Crippen molar-refractivity contribution in [3.8, 4) is 5.69 Å². The van der Waals surface area contributed by atoms with E-state index < -0.39 is 11.1 Å². The standard InChI is InChI=1S/C30H37NO2S/c1-3-5-7-9-12-23-16-18-29-27(20-23)28-21-24(13-10-8-6-4-2)17-19-30(28)31(29)25-14-11-15-26(22-25)34(32)33/h11,14-22H,3-10,12-13H2,1-2H3,(H,32,33). The summed E-state index contributed by atoms with van der Waals surface area (Å²) >= 11 is -2.00. The second-order valence-corrected chi connectivity index (χ2v) is 10.4. The van der Waals surface area contributed by atoms with E-state index in [0.717, 1.165) is 29.6 Å². The fraction of sp³-hybridized carbons (Fsp3) is 0.400. The van der Waals surface area contributed by atoms with Crippen molar-refractivity contribution in [2.24, 2.45) is 0 Å². The lowest BCUT2D eigenvalue weighted by Gasteiger charge is -2.09. The Morgan fingerprint density at radius 2 is 1.26 bits per heavy atom. The topological polar surface area (TPSA) is 42.2 Å². The maximum atomic E-state index is 11.7. The Hall–Kier alpha value is -2.43. The monoisotopic (exact) mass is 475 g/mol. The zero-order valence-electron chi connectivity index (χ0n) is 20.6. The summed E-state index contributed by atoms with van der Waals surface area (Å²) in [5, 5.41) is 2.54. The number of fused-ring (bicyclic) bond motifs is 3. The van der Waals surface area contributed by atoms with E-state index in [0.29, 0.717) is 4.90 Å². The van der Waals surface area contributed by atoms with Crippen LogP contribution in [-0.2, 0) is 23.9 Å². The van der Waals surface area contributed by atoms with Crippen LogP contribution in [-0.4, -0.2) is 13.3 Å². The minimum atomic E-state index is -2.00. The lowest BCUT2D eigenvalue weighted by Crippen LogP contribution is -1.97. The normalized spacial score (nSPS) is 12.6. The summed E-state index contributed by atoms with van der Waals surface area (Å²) in [5.74, 6) is 0. The Morgan fingerprint density at radius 3 is 1.76 bits per heavy atom. The van der Waals surface area contributed by atoms with Gasteiger partial charge < -0.3 is 9.12 Å². The average Bonchev–Trinajstić information content (AvgIpc) is 3.17. The van der Waals surface area contributed by atoms with Crippen LogP contribution in [0.3, 0.4) is 0 Å². The molecular weight excluding hydrogens is 438 g/mol. The molecule has 34 heavy (non-hydrogen) atoms. The molecule has 0 radical (unpaired) electrons. The number of aromatic nitrogens is 1.